The maximum Gasteiger partial charge on any atom is 0.0931 e. The van der Waals surface area contributed by atoms with E-state index in [4.69, 9.17) is 34.8 Å². The third-order valence-corrected chi connectivity index (χ3v) is 6.90. The highest BCUT2D eigenvalue weighted by Crippen LogP contribution is 2.35. The number of benzene rings is 3. The van der Waals surface area contributed by atoms with E-state index in [1.807, 2.05) is 60.7 Å². The van der Waals surface area contributed by atoms with Crippen LogP contribution in [0.25, 0.3) is 22.0 Å². The van der Waals surface area contributed by atoms with E-state index >= 15 is 0 Å². The van der Waals surface area contributed by atoms with Gasteiger partial charge < -0.3 is 10.1 Å². The number of H-pyrrole nitrogens is 1. The molecule has 0 amide bonds. The minimum atomic E-state index is -0.680. The number of hydrogen-bond acceptors (Lipinski definition) is 2. The Morgan fingerprint density at radius 1 is 0.969 bits per heavy atom. The zero-order valence-corrected chi connectivity index (χ0v) is 20.2. The Morgan fingerprint density at radius 3 is 2.50 bits per heavy atom. The van der Waals surface area contributed by atoms with Crippen LogP contribution in [0.1, 0.15) is 22.9 Å². The third-order valence-electron chi connectivity index (χ3n) is 5.99. The molecule has 2 N–H and O–H groups in total. The number of aromatic nitrogens is 1. The second-order valence-electron chi connectivity index (χ2n) is 7.99. The van der Waals surface area contributed by atoms with E-state index in [0.717, 1.165) is 46.7 Å². The van der Waals surface area contributed by atoms with Crippen molar-refractivity contribution in [3.63, 3.8) is 0 Å². The maximum absolute atomic E-state index is 11.0. The van der Waals surface area contributed by atoms with Crippen LogP contribution in [0, 0.1) is 0 Å². The smallest absolute Gasteiger partial charge is 0.0931 e. The molecule has 0 radical (unpaired) electrons. The van der Waals surface area contributed by atoms with Gasteiger partial charge >= 0.3 is 0 Å². The Balaban J connectivity index is 0.00000245. The molecule has 0 aliphatic carbocycles. The Kier molecular flexibility index (Phi) is 7.06. The normalized spacial score (nSPS) is 14.8. The van der Waals surface area contributed by atoms with Gasteiger partial charge in [-0.2, -0.15) is 0 Å². The molecule has 3 nitrogen and oxygen atoms in total. The minimum absolute atomic E-state index is 0. The highest BCUT2D eigenvalue weighted by atomic mass is 35.5. The van der Waals surface area contributed by atoms with Crippen LogP contribution in [-0.4, -0.2) is 28.1 Å². The van der Waals surface area contributed by atoms with Crippen molar-refractivity contribution in [1.82, 2.24) is 9.88 Å². The quantitative estimate of drug-likeness (QED) is 0.304. The van der Waals surface area contributed by atoms with Crippen LogP contribution in [0.2, 0.25) is 15.1 Å². The summed E-state index contributed by atoms with van der Waals surface area (Å²) in [7, 11) is 0. The lowest BCUT2D eigenvalue weighted by atomic mass is 9.99. The Labute approximate surface area is 208 Å². The molecule has 5 rings (SSSR count). The van der Waals surface area contributed by atoms with Crippen molar-refractivity contribution < 1.29 is 5.11 Å². The summed E-state index contributed by atoms with van der Waals surface area (Å²) in [5, 5.41) is 14.2. The van der Waals surface area contributed by atoms with Crippen LogP contribution >= 0.6 is 47.2 Å². The standard InChI is InChI=1S/C25H21Cl3N2O.ClH/c26-16-6-4-15(5-7-16)18-2-1-3-20(25(18)28)24(31)14-30-11-10-19-21-12-17(27)8-9-22(21)29-23(19)13-30;/h1-9,12,24,29,31H,10-11,13-14H2;1H. The topological polar surface area (TPSA) is 39.3 Å². The average molecular weight is 508 g/mol. The van der Waals surface area contributed by atoms with Crippen LogP contribution < -0.4 is 0 Å². The molecule has 0 fully saturated rings. The Bertz CT molecular complexity index is 1250. The number of nitrogens with zero attached hydrogens (tertiary/aromatic N) is 1. The fraction of sp³-hybridized carbons (Fsp3) is 0.200. The summed E-state index contributed by atoms with van der Waals surface area (Å²) in [6.45, 7) is 2.14. The van der Waals surface area contributed by atoms with Gasteiger partial charge in [0.15, 0.2) is 0 Å². The molecule has 32 heavy (non-hydrogen) atoms. The van der Waals surface area contributed by atoms with Gasteiger partial charge in [0.05, 0.1) is 11.1 Å². The molecular weight excluding hydrogens is 486 g/mol. The first kappa shape index (κ1) is 23.4. The van der Waals surface area contributed by atoms with Crippen LogP contribution in [0.5, 0.6) is 0 Å². The van der Waals surface area contributed by atoms with E-state index in [1.54, 1.807) is 0 Å². The number of aromatic amines is 1. The molecule has 1 atom stereocenters. The van der Waals surface area contributed by atoms with Gasteiger partial charge in [0.25, 0.3) is 0 Å². The molecule has 0 spiro atoms. The van der Waals surface area contributed by atoms with E-state index in [1.165, 1.54) is 16.6 Å². The molecule has 4 aromatic rings. The van der Waals surface area contributed by atoms with Crippen LogP contribution in [0.3, 0.4) is 0 Å². The van der Waals surface area contributed by atoms with Crippen LogP contribution in [0.15, 0.2) is 60.7 Å². The lowest BCUT2D eigenvalue weighted by Gasteiger charge is -2.29. The molecule has 1 aliphatic heterocycles. The first-order chi connectivity index (χ1) is 15.0. The minimum Gasteiger partial charge on any atom is -0.387 e. The van der Waals surface area contributed by atoms with E-state index in [0.29, 0.717) is 16.6 Å². The molecule has 0 saturated carbocycles. The van der Waals surface area contributed by atoms with Crippen molar-refractivity contribution in [1.29, 1.82) is 0 Å². The van der Waals surface area contributed by atoms with Gasteiger partial charge in [-0.15, -0.1) is 12.4 Å². The highest BCUT2D eigenvalue weighted by molar-refractivity contribution is 6.34. The number of aliphatic hydroxyl groups excluding tert-OH is 1. The number of fused-ring (bicyclic) bond motifs is 3. The first-order valence-electron chi connectivity index (χ1n) is 10.2. The molecule has 2 heterocycles. The second-order valence-corrected chi connectivity index (χ2v) is 9.24. The van der Waals surface area contributed by atoms with Gasteiger partial charge in [0.1, 0.15) is 0 Å². The second kappa shape index (κ2) is 9.64. The largest absolute Gasteiger partial charge is 0.387 e. The van der Waals surface area contributed by atoms with Gasteiger partial charge in [0, 0.05) is 57.4 Å². The summed E-state index contributed by atoms with van der Waals surface area (Å²) in [6.07, 6.45) is 0.237. The van der Waals surface area contributed by atoms with Gasteiger partial charge in [-0.05, 0) is 47.9 Å². The van der Waals surface area contributed by atoms with Gasteiger partial charge in [0.2, 0.25) is 0 Å². The summed E-state index contributed by atoms with van der Waals surface area (Å²) >= 11 is 18.9. The lowest BCUT2D eigenvalue weighted by Crippen LogP contribution is -2.34. The molecule has 166 valence electrons. The predicted octanol–water partition coefficient (Wildman–Crippen LogP) is 7.31. The molecule has 0 saturated heterocycles. The average Bonchev–Trinajstić information content (AvgIpc) is 3.11. The number of nitrogens with one attached hydrogen (secondary N) is 1. The number of halogens is 4. The summed E-state index contributed by atoms with van der Waals surface area (Å²) < 4.78 is 0. The zero-order valence-electron chi connectivity index (χ0n) is 17.1. The fourth-order valence-corrected chi connectivity index (χ4v) is 5.09. The number of rotatable bonds is 4. The molecular formula is C25H22Cl4N2O. The van der Waals surface area contributed by atoms with Gasteiger partial charge in [-0.25, -0.2) is 0 Å². The molecule has 0 bridgehead atoms. The van der Waals surface area contributed by atoms with Crippen molar-refractivity contribution in [2.24, 2.45) is 0 Å². The molecule has 1 aliphatic rings. The number of hydrogen-bond donors (Lipinski definition) is 2. The fourth-order valence-electron chi connectivity index (χ4n) is 4.43. The number of β-amino-alcohol motifs (C(OH)–C–C–N with tert-alkyl or cyclic N) is 1. The first-order valence-corrected chi connectivity index (χ1v) is 11.4. The van der Waals surface area contributed by atoms with Crippen molar-refractivity contribution in [2.75, 3.05) is 13.1 Å². The third kappa shape index (κ3) is 4.51. The highest BCUT2D eigenvalue weighted by Gasteiger charge is 2.24. The predicted molar refractivity (Wildman–Crippen MR) is 136 cm³/mol. The summed E-state index contributed by atoms with van der Waals surface area (Å²) in [5.41, 5.74) is 6.23. The zero-order chi connectivity index (χ0) is 21.5. The Hall–Kier alpha value is -1.72. The summed E-state index contributed by atoms with van der Waals surface area (Å²) in [4.78, 5) is 5.77. The van der Waals surface area contributed by atoms with Crippen LogP contribution in [0.4, 0.5) is 0 Å². The molecule has 1 aromatic heterocycles. The van der Waals surface area contributed by atoms with Crippen molar-refractivity contribution >= 4 is 58.1 Å². The monoisotopic (exact) mass is 506 g/mol. The van der Waals surface area contributed by atoms with Crippen molar-refractivity contribution in [3.05, 3.63) is 92.6 Å². The van der Waals surface area contributed by atoms with E-state index < -0.39 is 6.10 Å². The lowest BCUT2D eigenvalue weighted by molar-refractivity contribution is 0.105. The summed E-state index contributed by atoms with van der Waals surface area (Å²) in [5.74, 6) is 0. The van der Waals surface area contributed by atoms with E-state index in [-0.39, 0.29) is 12.4 Å². The van der Waals surface area contributed by atoms with Gasteiger partial charge in [-0.3, -0.25) is 4.90 Å². The van der Waals surface area contributed by atoms with Crippen molar-refractivity contribution in [3.8, 4) is 11.1 Å². The Morgan fingerprint density at radius 2 is 1.72 bits per heavy atom. The molecule has 7 heteroatoms. The van der Waals surface area contributed by atoms with Crippen LogP contribution in [-0.2, 0) is 13.0 Å². The van der Waals surface area contributed by atoms with E-state index in [2.05, 4.69) is 9.88 Å². The number of aliphatic hydroxyl groups is 1. The summed E-state index contributed by atoms with van der Waals surface area (Å²) in [6, 6.07) is 19.3. The SMILES string of the molecule is Cl.OC(CN1CCc2c([nH]c3ccc(Cl)cc23)C1)c1cccc(-c2ccc(Cl)cc2)c1Cl. The maximum atomic E-state index is 11.0. The van der Waals surface area contributed by atoms with Gasteiger partial charge in [-0.1, -0.05) is 65.1 Å². The molecule has 3 aromatic carbocycles. The molecule has 1 unspecified atom stereocenters. The van der Waals surface area contributed by atoms with Crippen molar-refractivity contribution in [2.45, 2.75) is 19.1 Å². The van der Waals surface area contributed by atoms with E-state index in [9.17, 15) is 5.11 Å².